The van der Waals surface area contributed by atoms with Crippen LogP contribution in [0.2, 0.25) is 0 Å². The van der Waals surface area contributed by atoms with E-state index in [1.54, 1.807) is 6.20 Å². The Kier molecular flexibility index (Phi) is 3.35. The highest BCUT2D eigenvalue weighted by molar-refractivity contribution is 7.15. The quantitative estimate of drug-likeness (QED) is 0.882. The van der Waals surface area contributed by atoms with Crippen molar-refractivity contribution < 1.29 is 4.79 Å². The normalized spacial score (nSPS) is 30.4. The second kappa shape index (κ2) is 4.97. The predicted molar refractivity (Wildman–Crippen MR) is 72.8 cm³/mol. The summed E-state index contributed by atoms with van der Waals surface area (Å²) in [7, 11) is 0. The molecule has 98 valence electrons. The monoisotopic (exact) mass is 265 g/mol. The first-order valence-corrected chi connectivity index (χ1v) is 7.49. The van der Waals surface area contributed by atoms with Crippen molar-refractivity contribution in [2.75, 3.05) is 5.32 Å². The molecule has 1 aromatic heterocycles. The number of amides is 1. The van der Waals surface area contributed by atoms with Crippen molar-refractivity contribution in [2.45, 2.75) is 51.1 Å². The maximum Gasteiger partial charge on any atom is 0.226 e. The van der Waals surface area contributed by atoms with E-state index >= 15 is 0 Å². The first-order chi connectivity index (χ1) is 8.69. The highest BCUT2D eigenvalue weighted by Gasteiger charge is 2.34. The molecule has 5 heteroatoms. The number of hydrogen-bond donors (Lipinski definition) is 2. The number of fused-ring (bicyclic) bond motifs is 2. The van der Waals surface area contributed by atoms with E-state index in [0.29, 0.717) is 24.4 Å². The molecule has 3 rings (SSSR count). The third kappa shape index (κ3) is 2.72. The Morgan fingerprint density at radius 3 is 2.83 bits per heavy atom. The lowest BCUT2D eigenvalue weighted by atomic mass is 9.89. The van der Waals surface area contributed by atoms with E-state index in [-0.39, 0.29) is 5.91 Å². The van der Waals surface area contributed by atoms with Crippen LogP contribution in [0.1, 0.15) is 37.0 Å². The van der Waals surface area contributed by atoms with E-state index in [4.69, 9.17) is 0 Å². The summed E-state index contributed by atoms with van der Waals surface area (Å²) in [6.07, 6.45) is 7.32. The van der Waals surface area contributed by atoms with Crippen LogP contribution in [-0.2, 0) is 4.79 Å². The number of nitrogens with one attached hydrogen (secondary N) is 2. The molecule has 1 aromatic rings. The number of carbonyl (C=O) groups is 1. The van der Waals surface area contributed by atoms with Crippen molar-refractivity contribution in [2.24, 2.45) is 5.92 Å². The van der Waals surface area contributed by atoms with Crippen molar-refractivity contribution in [3.8, 4) is 0 Å². The van der Waals surface area contributed by atoms with Gasteiger partial charge in [-0.1, -0.05) is 0 Å². The van der Waals surface area contributed by atoms with Crippen molar-refractivity contribution in [1.29, 1.82) is 0 Å². The van der Waals surface area contributed by atoms with E-state index in [1.807, 2.05) is 6.92 Å². The molecule has 3 heterocycles. The third-order valence-corrected chi connectivity index (χ3v) is 4.74. The summed E-state index contributed by atoms with van der Waals surface area (Å²) in [5.41, 5.74) is 0. The van der Waals surface area contributed by atoms with E-state index in [0.717, 1.165) is 22.9 Å². The highest BCUT2D eigenvalue weighted by atomic mass is 32.1. The van der Waals surface area contributed by atoms with Gasteiger partial charge in [0.2, 0.25) is 5.91 Å². The summed E-state index contributed by atoms with van der Waals surface area (Å²) in [6.45, 7) is 2.00. The van der Waals surface area contributed by atoms with Gasteiger partial charge in [0, 0.05) is 29.6 Å². The number of aromatic nitrogens is 1. The molecule has 4 nitrogen and oxygen atoms in total. The first-order valence-electron chi connectivity index (χ1n) is 6.67. The molecule has 0 aliphatic carbocycles. The van der Waals surface area contributed by atoms with Crippen LogP contribution in [0.4, 0.5) is 5.13 Å². The van der Waals surface area contributed by atoms with Gasteiger partial charge in [0.25, 0.3) is 0 Å². The molecule has 2 aliphatic rings. The molecule has 2 atom stereocenters. The summed E-state index contributed by atoms with van der Waals surface area (Å²) >= 11 is 1.54. The average molecular weight is 265 g/mol. The smallest absolute Gasteiger partial charge is 0.226 e. The largest absolute Gasteiger partial charge is 0.311 e. The zero-order chi connectivity index (χ0) is 12.5. The van der Waals surface area contributed by atoms with Crippen LogP contribution in [0.3, 0.4) is 0 Å². The number of carbonyl (C=O) groups excluding carboxylic acids is 1. The average Bonchev–Trinajstić information content (AvgIpc) is 2.85. The molecule has 2 aliphatic heterocycles. The minimum Gasteiger partial charge on any atom is -0.311 e. The van der Waals surface area contributed by atoms with Gasteiger partial charge in [-0.15, -0.1) is 11.3 Å². The van der Waals surface area contributed by atoms with Crippen molar-refractivity contribution in [3.05, 3.63) is 11.1 Å². The lowest BCUT2D eigenvalue weighted by molar-refractivity contribution is -0.117. The van der Waals surface area contributed by atoms with Gasteiger partial charge in [0.15, 0.2) is 5.13 Å². The first kappa shape index (κ1) is 12.1. The van der Waals surface area contributed by atoms with E-state index in [2.05, 4.69) is 15.6 Å². The van der Waals surface area contributed by atoms with Crippen LogP contribution in [0, 0.1) is 12.8 Å². The Hall–Kier alpha value is -0.940. The lowest BCUT2D eigenvalue weighted by Gasteiger charge is -2.28. The fourth-order valence-corrected chi connectivity index (χ4v) is 3.87. The van der Waals surface area contributed by atoms with Gasteiger partial charge >= 0.3 is 0 Å². The maximum absolute atomic E-state index is 12.0. The number of piperidine rings is 1. The van der Waals surface area contributed by atoms with Crippen LogP contribution in [-0.4, -0.2) is 23.0 Å². The minimum absolute atomic E-state index is 0.121. The molecular formula is C13H19N3OS. The topological polar surface area (TPSA) is 54.0 Å². The van der Waals surface area contributed by atoms with Gasteiger partial charge in [-0.05, 0) is 38.5 Å². The van der Waals surface area contributed by atoms with E-state index in [9.17, 15) is 4.79 Å². The van der Waals surface area contributed by atoms with E-state index < -0.39 is 0 Å². The molecule has 2 fully saturated rings. The highest BCUT2D eigenvalue weighted by Crippen LogP contribution is 2.32. The van der Waals surface area contributed by atoms with Gasteiger partial charge in [0.1, 0.15) is 0 Å². The van der Waals surface area contributed by atoms with Gasteiger partial charge < -0.3 is 10.6 Å². The second-order valence-corrected chi connectivity index (χ2v) is 6.74. The van der Waals surface area contributed by atoms with Crippen molar-refractivity contribution in [1.82, 2.24) is 10.3 Å². The van der Waals surface area contributed by atoms with Gasteiger partial charge in [-0.3, -0.25) is 4.79 Å². The standard InChI is InChI=1S/C13H19N3OS/c1-8-7-14-13(18-8)16-12(17)6-9-4-10-2-3-11(5-9)15-10/h7,9-11,15H,2-6H2,1H3,(H,14,16,17). The van der Waals surface area contributed by atoms with Crippen LogP contribution >= 0.6 is 11.3 Å². The van der Waals surface area contributed by atoms with Crippen LogP contribution in [0.25, 0.3) is 0 Å². The number of hydrogen-bond acceptors (Lipinski definition) is 4. The molecule has 18 heavy (non-hydrogen) atoms. The molecule has 0 aromatic carbocycles. The van der Waals surface area contributed by atoms with Gasteiger partial charge in [-0.2, -0.15) is 0 Å². The van der Waals surface area contributed by atoms with Gasteiger partial charge in [0.05, 0.1) is 0 Å². The molecule has 2 N–H and O–H groups in total. The van der Waals surface area contributed by atoms with Crippen LogP contribution in [0.15, 0.2) is 6.20 Å². The van der Waals surface area contributed by atoms with Gasteiger partial charge in [-0.25, -0.2) is 4.98 Å². The number of aryl methyl sites for hydroxylation is 1. The molecule has 2 saturated heterocycles. The summed E-state index contributed by atoms with van der Waals surface area (Å²) in [6, 6.07) is 1.31. The summed E-state index contributed by atoms with van der Waals surface area (Å²) < 4.78 is 0. The predicted octanol–water partition coefficient (Wildman–Crippen LogP) is 2.31. The number of thiazole rings is 1. The van der Waals surface area contributed by atoms with Crippen LogP contribution < -0.4 is 10.6 Å². The number of anilines is 1. The fourth-order valence-electron chi connectivity index (χ4n) is 3.19. The second-order valence-electron chi connectivity index (χ2n) is 5.50. The Morgan fingerprint density at radius 1 is 1.50 bits per heavy atom. The SMILES string of the molecule is Cc1cnc(NC(=O)CC2CC3CCC(C2)N3)s1. The Balaban J connectivity index is 1.52. The molecule has 0 radical (unpaired) electrons. The minimum atomic E-state index is 0.121. The summed E-state index contributed by atoms with van der Waals surface area (Å²) in [4.78, 5) is 17.3. The number of rotatable bonds is 3. The molecular weight excluding hydrogens is 246 g/mol. The summed E-state index contributed by atoms with van der Waals surface area (Å²) in [5, 5.41) is 7.24. The van der Waals surface area contributed by atoms with Crippen molar-refractivity contribution >= 4 is 22.4 Å². The number of nitrogens with zero attached hydrogens (tertiary/aromatic N) is 1. The Morgan fingerprint density at radius 2 is 2.22 bits per heavy atom. The lowest BCUT2D eigenvalue weighted by Crippen LogP contribution is -2.39. The van der Waals surface area contributed by atoms with E-state index in [1.165, 1.54) is 24.2 Å². The molecule has 0 saturated carbocycles. The Bertz CT molecular complexity index is 433. The van der Waals surface area contributed by atoms with Crippen LogP contribution in [0.5, 0.6) is 0 Å². The third-order valence-electron chi connectivity index (χ3n) is 3.91. The zero-order valence-electron chi connectivity index (χ0n) is 10.6. The Labute approximate surface area is 111 Å². The maximum atomic E-state index is 12.0. The molecule has 2 bridgehead atoms. The summed E-state index contributed by atoms with van der Waals surface area (Å²) in [5.74, 6) is 0.667. The van der Waals surface area contributed by atoms with Crippen molar-refractivity contribution in [3.63, 3.8) is 0 Å². The molecule has 0 spiro atoms. The fraction of sp³-hybridized carbons (Fsp3) is 0.692. The molecule has 1 amide bonds. The molecule has 2 unspecified atom stereocenters. The zero-order valence-corrected chi connectivity index (χ0v) is 11.4.